The zero-order valence-electron chi connectivity index (χ0n) is 12.1. The van der Waals surface area contributed by atoms with Gasteiger partial charge in [-0.05, 0) is 37.5 Å². The van der Waals surface area contributed by atoms with Crippen molar-refractivity contribution in [2.75, 3.05) is 13.1 Å². The predicted molar refractivity (Wildman–Crippen MR) is 76.3 cm³/mol. The van der Waals surface area contributed by atoms with Gasteiger partial charge in [0.1, 0.15) is 5.41 Å². The van der Waals surface area contributed by atoms with E-state index >= 15 is 0 Å². The SMILES string of the molecule is NC(=NO)C1(C(=O)N2CC3CCCC3C2)CCCCC1. The number of rotatable bonds is 2. The molecule has 5 nitrogen and oxygen atoms in total. The van der Waals surface area contributed by atoms with Crippen molar-refractivity contribution in [3.8, 4) is 0 Å². The lowest BCUT2D eigenvalue weighted by Crippen LogP contribution is -2.52. The highest BCUT2D eigenvalue weighted by molar-refractivity contribution is 6.06. The first kappa shape index (κ1) is 13.7. The average molecular weight is 279 g/mol. The van der Waals surface area contributed by atoms with Crippen molar-refractivity contribution in [2.45, 2.75) is 51.4 Å². The molecule has 2 aliphatic carbocycles. The van der Waals surface area contributed by atoms with E-state index in [4.69, 9.17) is 10.9 Å². The van der Waals surface area contributed by atoms with Crippen molar-refractivity contribution in [1.29, 1.82) is 0 Å². The zero-order chi connectivity index (χ0) is 14.2. The molecule has 0 aromatic rings. The summed E-state index contributed by atoms with van der Waals surface area (Å²) in [6.07, 6.45) is 8.39. The van der Waals surface area contributed by atoms with Crippen LogP contribution < -0.4 is 5.73 Å². The molecule has 3 fully saturated rings. The number of fused-ring (bicyclic) bond motifs is 1. The normalized spacial score (nSPS) is 33.2. The number of nitrogens with two attached hydrogens (primary N) is 1. The highest BCUT2D eigenvalue weighted by Crippen LogP contribution is 2.43. The smallest absolute Gasteiger partial charge is 0.236 e. The summed E-state index contributed by atoms with van der Waals surface area (Å²) in [6, 6.07) is 0. The first-order valence-corrected chi connectivity index (χ1v) is 7.95. The standard InChI is InChI=1S/C15H25N3O2/c16-13(17-20)15(7-2-1-3-8-15)14(19)18-9-11-5-4-6-12(11)10-18/h11-12,20H,1-10H2,(H2,16,17). The molecule has 1 aliphatic heterocycles. The molecule has 3 rings (SSSR count). The van der Waals surface area contributed by atoms with E-state index in [9.17, 15) is 4.79 Å². The number of hydrogen-bond acceptors (Lipinski definition) is 3. The van der Waals surface area contributed by atoms with Crippen molar-refractivity contribution >= 4 is 11.7 Å². The van der Waals surface area contributed by atoms with Gasteiger partial charge in [0.2, 0.25) is 5.91 Å². The second kappa shape index (κ2) is 5.26. The molecule has 112 valence electrons. The van der Waals surface area contributed by atoms with E-state index in [1.54, 1.807) is 0 Å². The second-order valence-corrected chi connectivity index (χ2v) is 6.79. The number of oxime groups is 1. The first-order chi connectivity index (χ1) is 9.67. The minimum atomic E-state index is -0.731. The van der Waals surface area contributed by atoms with Crippen molar-refractivity contribution < 1.29 is 10.0 Å². The molecule has 20 heavy (non-hydrogen) atoms. The molecule has 3 aliphatic rings. The lowest BCUT2D eigenvalue weighted by Gasteiger charge is -2.37. The molecule has 3 N–H and O–H groups in total. The van der Waals surface area contributed by atoms with Gasteiger partial charge in [-0.3, -0.25) is 4.79 Å². The van der Waals surface area contributed by atoms with E-state index in [0.29, 0.717) is 11.8 Å². The predicted octanol–water partition coefficient (Wildman–Crippen LogP) is 1.94. The van der Waals surface area contributed by atoms with Crippen LogP contribution in [-0.2, 0) is 4.79 Å². The van der Waals surface area contributed by atoms with Crippen LogP contribution in [0.4, 0.5) is 0 Å². The summed E-state index contributed by atoms with van der Waals surface area (Å²) in [5.41, 5.74) is 5.19. The van der Waals surface area contributed by atoms with Crippen molar-refractivity contribution in [1.82, 2.24) is 4.90 Å². The van der Waals surface area contributed by atoms with Gasteiger partial charge in [0, 0.05) is 13.1 Å². The van der Waals surface area contributed by atoms with Crippen LogP contribution in [0, 0.1) is 17.3 Å². The van der Waals surface area contributed by atoms with Crippen LogP contribution >= 0.6 is 0 Å². The Bertz CT molecular complexity index is 403. The van der Waals surface area contributed by atoms with Gasteiger partial charge in [0.05, 0.1) is 0 Å². The van der Waals surface area contributed by atoms with E-state index < -0.39 is 5.41 Å². The molecule has 5 heteroatoms. The van der Waals surface area contributed by atoms with Crippen LogP contribution in [0.25, 0.3) is 0 Å². The molecule has 1 saturated heterocycles. The summed E-state index contributed by atoms with van der Waals surface area (Å²) in [5.74, 6) is 1.61. The first-order valence-electron chi connectivity index (χ1n) is 7.95. The summed E-state index contributed by atoms with van der Waals surface area (Å²) >= 11 is 0. The van der Waals surface area contributed by atoms with Crippen molar-refractivity contribution in [3.63, 3.8) is 0 Å². The molecule has 2 atom stereocenters. The van der Waals surface area contributed by atoms with Gasteiger partial charge in [0.25, 0.3) is 0 Å². The topological polar surface area (TPSA) is 78.9 Å². The van der Waals surface area contributed by atoms with Crippen LogP contribution in [-0.4, -0.2) is 34.9 Å². The Morgan fingerprint density at radius 3 is 2.25 bits per heavy atom. The monoisotopic (exact) mass is 279 g/mol. The third-order valence-corrected chi connectivity index (χ3v) is 5.73. The van der Waals surface area contributed by atoms with E-state index in [2.05, 4.69) is 5.16 Å². The van der Waals surface area contributed by atoms with Crippen LogP contribution in [0.5, 0.6) is 0 Å². The summed E-state index contributed by atoms with van der Waals surface area (Å²) in [5, 5.41) is 12.3. The Morgan fingerprint density at radius 1 is 1.10 bits per heavy atom. The van der Waals surface area contributed by atoms with E-state index in [0.717, 1.165) is 45.2 Å². The molecule has 0 aromatic heterocycles. The van der Waals surface area contributed by atoms with Gasteiger partial charge in [-0.15, -0.1) is 0 Å². The zero-order valence-corrected chi connectivity index (χ0v) is 12.1. The number of amidine groups is 1. The molecule has 0 bridgehead atoms. The molecular formula is C15H25N3O2. The van der Waals surface area contributed by atoms with E-state index in [-0.39, 0.29) is 11.7 Å². The minimum absolute atomic E-state index is 0.113. The fourth-order valence-electron chi connectivity index (χ4n) is 4.53. The Hall–Kier alpha value is -1.26. The molecule has 0 radical (unpaired) electrons. The van der Waals surface area contributed by atoms with Crippen LogP contribution in [0.1, 0.15) is 51.4 Å². The maximum absolute atomic E-state index is 13.0. The number of hydrogen-bond donors (Lipinski definition) is 2. The fraction of sp³-hybridized carbons (Fsp3) is 0.867. The molecule has 1 amide bonds. The Morgan fingerprint density at radius 2 is 1.70 bits per heavy atom. The number of likely N-dealkylation sites (tertiary alicyclic amines) is 1. The lowest BCUT2D eigenvalue weighted by atomic mass is 9.72. The fourth-order valence-corrected chi connectivity index (χ4v) is 4.53. The van der Waals surface area contributed by atoms with Gasteiger partial charge in [0.15, 0.2) is 5.84 Å². The molecule has 2 unspecified atom stereocenters. The average Bonchev–Trinajstić information content (AvgIpc) is 3.07. The Kier molecular flexibility index (Phi) is 3.61. The third-order valence-electron chi connectivity index (χ3n) is 5.73. The number of amides is 1. The van der Waals surface area contributed by atoms with Crippen molar-refractivity contribution in [3.05, 3.63) is 0 Å². The van der Waals surface area contributed by atoms with Crippen LogP contribution in [0.2, 0.25) is 0 Å². The van der Waals surface area contributed by atoms with Crippen molar-refractivity contribution in [2.24, 2.45) is 28.1 Å². The van der Waals surface area contributed by atoms with E-state index in [1.165, 1.54) is 19.3 Å². The Labute approximate surface area is 120 Å². The number of carbonyl (C=O) groups excluding carboxylic acids is 1. The number of nitrogens with zero attached hydrogens (tertiary/aromatic N) is 2. The minimum Gasteiger partial charge on any atom is -0.409 e. The van der Waals surface area contributed by atoms with Gasteiger partial charge in [-0.2, -0.15) is 0 Å². The summed E-state index contributed by atoms with van der Waals surface area (Å²) < 4.78 is 0. The highest BCUT2D eigenvalue weighted by atomic mass is 16.4. The quantitative estimate of drug-likeness (QED) is 0.351. The maximum atomic E-state index is 13.0. The summed E-state index contributed by atoms with van der Waals surface area (Å²) in [6.45, 7) is 1.76. The van der Waals surface area contributed by atoms with Crippen LogP contribution in [0.15, 0.2) is 5.16 Å². The largest absolute Gasteiger partial charge is 0.409 e. The summed E-state index contributed by atoms with van der Waals surface area (Å²) in [7, 11) is 0. The molecule has 1 heterocycles. The number of carbonyl (C=O) groups is 1. The van der Waals surface area contributed by atoms with Gasteiger partial charge < -0.3 is 15.8 Å². The van der Waals surface area contributed by atoms with Gasteiger partial charge >= 0.3 is 0 Å². The second-order valence-electron chi connectivity index (χ2n) is 6.79. The third kappa shape index (κ3) is 2.07. The molecule has 2 saturated carbocycles. The lowest BCUT2D eigenvalue weighted by molar-refractivity contribution is -0.139. The highest BCUT2D eigenvalue weighted by Gasteiger charge is 2.49. The maximum Gasteiger partial charge on any atom is 0.236 e. The van der Waals surface area contributed by atoms with Gasteiger partial charge in [-0.25, -0.2) is 0 Å². The Balaban J connectivity index is 1.79. The van der Waals surface area contributed by atoms with Crippen LogP contribution in [0.3, 0.4) is 0 Å². The molecule has 0 spiro atoms. The summed E-state index contributed by atoms with van der Waals surface area (Å²) in [4.78, 5) is 15.0. The molecular weight excluding hydrogens is 254 g/mol. The van der Waals surface area contributed by atoms with Gasteiger partial charge in [-0.1, -0.05) is 30.8 Å². The molecule has 0 aromatic carbocycles. The van der Waals surface area contributed by atoms with E-state index in [1.807, 2.05) is 4.90 Å².